The lowest BCUT2D eigenvalue weighted by molar-refractivity contribution is -0.118. The van der Waals surface area contributed by atoms with Gasteiger partial charge >= 0.3 is 0 Å². The average molecular weight is 251 g/mol. The first-order chi connectivity index (χ1) is 8.19. The number of hydrogen-bond acceptors (Lipinski definition) is 2. The molecule has 0 aromatic heterocycles. The number of carbonyl (C=O) groups excluding carboxylic acids is 1. The second-order valence-corrected chi connectivity index (χ2v) is 5.06. The van der Waals surface area contributed by atoms with Crippen LogP contribution in [0.15, 0.2) is 24.3 Å². The second kappa shape index (κ2) is 7.38. The minimum atomic E-state index is 0.229. The number of hydrogen-bond donors (Lipinski definition) is 0. The Hall–Kier alpha value is -0.960. The van der Waals surface area contributed by atoms with Crippen LogP contribution in [0.3, 0.4) is 0 Å². The molecule has 0 saturated heterocycles. The summed E-state index contributed by atoms with van der Waals surface area (Å²) in [6, 6.07) is 8.12. The van der Waals surface area contributed by atoms with Gasteiger partial charge in [0.2, 0.25) is 5.91 Å². The van der Waals surface area contributed by atoms with Gasteiger partial charge in [0.25, 0.3) is 0 Å². The first kappa shape index (κ1) is 14.1. The molecule has 0 bridgehead atoms. The molecule has 0 N–H and O–H groups in total. The zero-order valence-electron chi connectivity index (χ0n) is 10.9. The molecule has 17 heavy (non-hydrogen) atoms. The van der Waals surface area contributed by atoms with E-state index >= 15 is 0 Å². The van der Waals surface area contributed by atoms with Gasteiger partial charge in [0, 0.05) is 18.7 Å². The summed E-state index contributed by atoms with van der Waals surface area (Å²) in [6.07, 6.45) is 3.67. The number of amides is 1. The molecule has 0 aliphatic heterocycles. The summed E-state index contributed by atoms with van der Waals surface area (Å²) >= 11 is 1.79. The maximum atomic E-state index is 12.1. The van der Waals surface area contributed by atoms with Crippen molar-refractivity contribution in [3.05, 3.63) is 29.8 Å². The molecule has 0 radical (unpaired) electrons. The molecule has 0 aliphatic carbocycles. The van der Waals surface area contributed by atoms with Gasteiger partial charge in [-0.05, 0) is 50.0 Å². The van der Waals surface area contributed by atoms with E-state index in [4.69, 9.17) is 0 Å². The largest absolute Gasteiger partial charge is 0.313 e. The Morgan fingerprint density at radius 1 is 1.41 bits per heavy atom. The third-order valence-corrected chi connectivity index (χ3v) is 3.37. The highest BCUT2D eigenvalue weighted by molar-refractivity contribution is 7.98. The fraction of sp³-hybridized carbons (Fsp3) is 0.500. The third-order valence-electron chi connectivity index (χ3n) is 2.67. The molecule has 3 heteroatoms. The molecule has 0 unspecified atom stereocenters. The zero-order chi connectivity index (χ0) is 12.7. The lowest BCUT2D eigenvalue weighted by Gasteiger charge is -2.21. The molecular formula is C14H21NOS. The second-order valence-electron chi connectivity index (χ2n) is 4.07. The Kier molecular flexibility index (Phi) is 6.12. The van der Waals surface area contributed by atoms with Crippen LogP contribution in [0.4, 0.5) is 5.69 Å². The summed E-state index contributed by atoms with van der Waals surface area (Å²) in [4.78, 5) is 13.9. The van der Waals surface area contributed by atoms with Gasteiger partial charge in [-0.3, -0.25) is 4.79 Å². The minimum Gasteiger partial charge on any atom is -0.313 e. The molecule has 0 spiro atoms. The first-order valence-corrected chi connectivity index (χ1v) is 7.44. The van der Waals surface area contributed by atoms with E-state index in [0.29, 0.717) is 6.42 Å². The van der Waals surface area contributed by atoms with E-state index in [2.05, 4.69) is 25.3 Å². The maximum absolute atomic E-state index is 12.1. The van der Waals surface area contributed by atoms with Crippen molar-refractivity contribution in [2.45, 2.75) is 26.7 Å². The number of rotatable bonds is 6. The molecule has 0 saturated carbocycles. The van der Waals surface area contributed by atoms with E-state index in [0.717, 1.165) is 24.4 Å². The summed E-state index contributed by atoms with van der Waals surface area (Å²) in [5, 5.41) is 0. The summed E-state index contributed by atoms with van der Waals surface area (Å²) in [5.41, 5.74) is 2.21. The van der Waals surface area contributed by atoms with Crippen LogP contribution in [0.2, 0.25) is 0 Å². The smallest absolute Gasteiger partial charge is 0.226 e. The highest BCUT2D eigenvalue weighted by Gasteiger charge is 2.12. The molecule has 0 fully saturated rings. The molecule has 0 aliphatic rings. The topological polar surface area (TPSA) is 20.3 Å². The summed E-state index contributed by atoms with van der Waals surface area (Å²) < 4.78 is 0. The van der Waals surface area contributed by atoms with Crippen molar-refractivity contribution in [1.29, 1.82) is 0 Å². The van der Waals surface area contributed by atoms with Crippen LogP contribution in [0, 0.1) is 6.92 Å². The van der Waals surface area contributed by atoms with Gasteiger partial charge in [-0.1, -0.05) is 12.1 Å². The maximum Gasteiger partial charge on any atom is 0.226 e. The number of benzene rings is 1. The van der Waals surface area contributed by atoms with Crippen LogP contribution >= 0.6 is 11.8 Å². The molecule has 1 amide bonds. The van der Waals surface area contributed by atoms with Crippen LogP contribution in [-0.2, 0) is 4.79 Å². The Bertz CT molecular complexity index is 365. The standard InChI is InChI=1S/C14H21NOS/c1-4-15(14(16)9-6-10-17-3)13-8-5-7-12(2)11-13/h5,7-8,11H,4,6,9-10H2,1-3H3. The minimum absolute atomic E-state index is 0.229. The Morgan fingerprint density at radius 3 is 2.76 bits per heavy atom. The Balaban J connectivity index is 2.67. The summed E-state index contributed by atoms with van der Waals surface area (Å²) in [6.45, 7) is 4.81. The quantitative estimate of drug-likeness (QED) is 0.721. The number of nitrogens with zero attached hydrogens (tertiary/aromatic N) is 1. The highest BCUT2D eigenvalue weighted by atomic mass is 32.2. The number of aryl methyl sites for hydroxylation is 1. The van der Waals surface area contributed by atoms with Gasteiger partial charge < -0.3 is 4.90 Å². The Morgan fingerprint density at radius 2 is 2.18 bits per heavy atom. The predicted octanol–water partition coefficient (Wildman–Crippen LogP) is 3.49. The first-order valence-electron chi connectivity index (χ1n) is 6.05. The van der Waals surface area contributed by atoms with E-state index in [1.54, 1.807) is 11.8 Å². The summed E-state index contributed by atoms with van der Waals surface area (Å²) in [5.74, 6) is 1.28. The van der Waals surface area contributed by atoms with E-state index < -0.39 is 0 Å². The monoisotopic (exact) mass is 251 g/mol. The summed E-state index contributed by atoms with van der Waals surface area (Å²) in [7, 11) is 0. The number of anilines is 1. The molecule has 1 aromatic rings. The van der Waals surface area contributed by atoms with Crippen molar-refractivity contribution in [2.75, 3.05) is 23.5 Å². The van der Waals surface area contributed by atoms with Crippen molar-refractivity contribution < 1.29 is 4.79 Å². The molecule has 1 aromatic carbocycles. The zero-order valence-corrected chi connectivity index (χ0v) is 11.7. The number of carbonyl (C=O) groups is 1. The van der Waals surface area contributed by atoms with Crippen molar-refractivity contribution in [3.63, 3.8) is 0 Å². The van der Waals surface area contributed by atoms with Crippen molar-refractivity contribution >= 4 is 23.4 Å². The molecule has 1 rings (SSSR count). The van der Waals surface area contributed by atoms with Crippen molar-refractivity contribution in [2.24, 2.45) is 0 Å². The molecule has 94 valence electrons. The van der Waals surface area contributed by atoms with E-state index in [1.165, 1.54) is 5.56 Å². The normalized spacial score (nSPS) is 10.3. The van der Waals surface area contributed by atoms with Crippen molar-refractivity contribution in [3.8, 4) is 0 Å². The lowest BCUT2D eigenvalue weighted by atomic mass is 10.2. The van der Waals surface area contributed by atoms with E-state index in [-0.39, 0.29) is 5.91 Å². The molecule has 0 atom stereocenters. The fourth-order valence-electron chi connectivity index (χ4n) is 1.80. The molecule has 2 nitrogen and oxygen atoms in total. The third kappa shape index (κ3) is 4.43. The van der Waals surface area contributed by atoms with Crippen LogP contribution < -0.4 is 4.90 Å². The van der Waals surface area contributed by atoms with Crippen LogP contribution in [0.5, 0.6) is 0 Å². The fourth-order valence-corrected chi connectivity index (χ4v) is 2.23. The van der Waals surface area contributed by atoms with Crippen LogP contribution in [-0.4, -0.2) is 24.5 Å². The van der Waals surface area contributed by atoms with Crippen LogP contribution in [0.25, 0.3) is 0 Å². The predicted molar refractivity (Wildman–Crippen MR) is 76.8 cm³/mol. The van der Waals surface area contributed by atoms with Crippen LogP contribution in [0.1, 0.15) is 25.3 Å². The van der Waals surface area contributed by atoms with Gasteiger partial charge in [-0.2, -0.15) is 11.8 Å². The van der Waals surface area contributed by atoms with Gasteiger partial charge in [0.1, 0.15) is 0 Å². The molecule has 0 heterocycles. The van der Waals surface area contributed by atoms with E-state index in [9.17, 15) is 4.79 Å². The SMILES string of the molecule is CCN(C(=O)CCCSC)c1cccc(C)c1. The number of thioether (sulfide) groups is 1. The Labute approximate surface area is 108 Å². The van der Waals surface area contributed by atoms with Gasteiger partial charge in [-0.15, -0.1) is 0 Å². The van der Waals surface area contributed by atoms with Gasteiger partial charge in [-0.25, -0.2) is 0 Å². The van der Waals surface area contributed by atoms with Gasteiger partial charge in [0.15, 0.2) is 0 Å². The lowest BCUT2D eigenvalue weighted by Crippen LogP contribution is -2.30. The molecular weight excluding hydrogens is 230 g/mol. The van der Waals surface area contributed by atoms with Gasteiger partial charge in [0.05, 0.1) is 0 Å². The van der Waals surface area contributed by atoms with E-state index in [1.807, 2.05) is 24.0 Å². The highest BCUT2D eigenvalue weighted by Crippen LogP contribution is 2.17. The van der Waals surface area contributed by atoms with Crippen molar-refractivity contribution in [1.82, 2.24) is 0 Å². The average Bonchev–Trinajstić information content (AvgIpc) is 2.30.